The van der Waals surface area contributed by atoms with Crippen molar-refractivity contribution in [1.82, 2.24) is 0 Å². The second-order valence-corrected chi connectivity index (χ2v) is 4.07. The molecule has 0 aliphatic carbocycles. The predicted octanol–water partition coefficient (Wildman–Crippen LogP) is -15.0. The number of aryl methyl sites for hydroxylation is 1. The van der Waals surface area contributed by atoms with Crippen molar-refractivity contribution in [2.24, 2.45) is 0 Å². The number of anilines is 2. The molecule has 0 N–H and O–H groups in total. The van der Waals surface area contributed by atoms with Crippen LogP contribution in [0.1, 0.15) is 5.56 Å². The third-order valence-electron chi connectivity index (χ3n) is 2.61. The number of ether oxygens (including phenoxy) is 1. The van der Waals surface area contributed by atoms with E-state index in [1.807, 2.05) is 0 Å². The van der Waals surface area contributed by atoms with E-state index in [9.17, 15) is 39.6 Å². The molecule has 0 spiro atoms. The van der Waals surface area contributed by atoms with Crippen LogP contribution in [0.15, 0.2) is 12.1 Å². The summed E-state index contributed by atoms with van der Waals surface area (Å²) in [6.07, 6.45) is -8.86. The SMILES string of the molecule is COc1c(N(C(=O)[O-])C(=O)[O-])cc(C)cc1N(C(=O)[O-])C(=O)[O-].[K+].[K+].[K+].[K+]. The molecule has 1 aromatic rings. The summed E-state index contributed by atoms with van der Waals surface area (Å²) in [6.45, 7) is 1.32. The Labute approximate surface area is 324 Å². The van der Waals surface area contributed by atoms with E-state index in [-0.39, 0.29) is 221 Å². The van der Waals surface area contributed by atoms with Crippen LogP contribution < -0.4 is 241 Å². The summed E-state index contributed by atoms with van der Waals surface area (Å²) < 4.78 is 4.75. The molecular formula is C12H8K4N2O9. The third-order valence-corrected chi connectivity index (χ3v) is 2.61. The Hall–Kier alpha value is 3.05. The summed E-state index contributed by atoms with van der Waals surface area (Å²) in [5.74, 6) is -0.697. The smallest absolute Gasteiger partial charge is 0.529 e. The number of carboxylic acid groups (broad SMARTS) is 4. The monoisotopic (exact) mass is 480 g/mol. The van der Waals surface area contributed by atoms with Gasteiger partial charge in [-0.15, -0.1) is 0 Å². The van der Waals surface area contributed by atoms with E-state index in [0.717, 1.165) is 19.2 Å². The molecule has 0 aliphatic rings. The molecule has 11 nitrogen and oxygen atoms in total. The Morgan fingerprint density at radius 1 is 0.741 bits per heavy atom. The van der Waals surface area contributed by atoms with E-state index in [1.165, 1.54) is 6.92 Å². The first-order chi connectivity index (χ1) is 10.6. The zero-order chi connectivity index (χ0) is 17.9. The summed E-state index contributed by atoms with van der Waals surface area (Å²) in [5, 5.41) is 43.7. The molecule has 124 valence electrons. The molecule has 0 saturated carbocycles. The average molecular weight is 481 g/mol. The van der Waals surface area contributed by atoms with Crippen LogP contribution in [0.2, 0.25) is 0 Å². The molecule has 0 bridgehead atoms. The van der Waals surface area contributed by atoms with E-state index in [1.54, 1.807) is 0 Å². The standard InChI is InChI=1S/C12H12N2O9.4K/c1-5-3-6(13(9(15)16)10(17)18)8(23-2)7(4-5)14(11(19)20)12(21)22;;;;/h3-4H,1-2H3,(H,15,16)(H,17,18)(H,19,20)(H,21,22);;;;/q;4*+1/p-4. The van der Waals surface area contributed by atoms with Gasteiger partial charge in [-0.1, -0.05) is 0 Å². The summed E-state index contributed by atoms with van der Waals surface area (Å²) in [5.41, 5.74) is -1.32. The summed E-state index contributed by atoms with van der Waals surface area (Å²) >= 11 is 0. The normalized spacial score (nSPS) is 8.37. The van der Waals surface area contributed by atoms with E-state index in [0.29, 0.717) is 0 Å². The Morgan fingerprint density at radius 2 is 1.00 bits per heavy atom. The number of hydrogen-bond donors (Lipinski definition) is 0. The van der Waals surface area contributed by atoms with Crippen LogP contribution in [0.25, 0.3) is 0 Å². The molecule has 0 aliphatic heterocycles. The fraction of sp³-hybridized carbons (Fsp3) is 0.167. The molecule has 4 amide bonds. The van der Waals surface area contributed by atoms with E-state index < -0.39 is 41.5 Å². The largest absolute Gasteiger partial charge is 1.00 e. The molecule has 15 heteroatoms. The van der Waals surface area contributed by atoms with E-state index in [2.05, 4.69) is 0 Å². The minimum Gasteiger partial charge on any atom is -0.529 e. The first-order valence-corrected chi connectivity index (χ1v) is 5.74. The number of hydrogen-bond acceptors (Lipinski definition) is 9. The maximum absolute atomic E-state index is 10.9. The second kappa shape index (κ2) is 17.6. The number of imide groups is 2. The van der Waals surface area contributed by atoms with E-state index >= 15 is 0 Å². The van der Waals surface area contributed by atoms with Gasteiger partial charge in [0.1, 0.15) is 24.4 Å². The maximum Gasteiger partial charge on any atom is 1.00 e. The third kappa shape index (κ3) is 10.5. The number of methoxy groups -OCH3 is 1. The molecule has 0 fully saturated rings. The molecule has 0 saturated heterocycles. The first kappa shape index (κ1) is 37.4. The van der Waals surface area contributed by atoms with Gasteiger partial charge in [-0.2, -0.15) is 0 Å². The van der Waals surface area contributed by atoms with Crippen LogP contribution in [0.3, 0.4) is 0 Å². The number of rotatable bonds is 3. The van der Waals surface area contributed by atoms with Crippen molar-refractivity contribution in [3.8, 4) is 5.75 Å². The summed E-state index contributed by atoms with van der Waals surface area (Å²) in [4.78, 5) is 43.0. The van der Waals surface area contributed by atoms with Crippen LogP contribution in [-0.2, 0) is 0 Å². The van der Waals surface area contributed by atoms with Gasteiger partial charge in [0.2, 0.25) is 0 Å². The molecule has 0 aromatic heterocycles. The average Bonchev–Trinajstić information content (AvgIpc) is 2.36. The number of carbonyl (C=O) groups is 4. The molecule has 0 radical (unpaired) electrons. The quantitative estimate of drug-likeness (QED) is 0.380. The van der Waals surface area contributed by atoms with Gasteiger partial charge < -0.3 is 44.3 Å². The zero-order valence-corrected chi connectivity index (χ0v) is 28.2. The van der Waals surface area contributed by atoms with Gasteiger partial charge in [-0.05, 0) is 24.6 Å². The topological polar surface area (TPSA) is 176 Å². The molecule has 0 atom stereocenters. The van der Waals surface area contributed by atoms with Gasteiger partial charge in [0.25, 0.3) is 0 Å². The Balaban J connectivity index is -0.000000661. The van der Waals surface area contributed by atoms with Gasteiger partial charge in [0.15, 0.2) is 5.75 Å². The van der Waals surface area contributed by atoms with Gasteiger partial charge in [-0.25, -0.2) is 0 Å². The molecule has 1 rings (SSSR count). The predicted molar refractivity (Wildman–Crippen MR) is 64.3 cm³/mol. The molecule has 27 heavy (non-hydrogen) atoms. The fourth-order valence-electron chi connectivity index (χ4n) is 1.82. The number of amides is 4. The minimum absolute atomic E-state index is 0. The van der Waals surface area contributed by atoms with Crippen LogP contribution in [0, 0.1) is 6.92 Å². The van der Waals surface area contributed by atoms with Gasteiger partial charge in [-0.3, -0.25) is 9.80 Å². The van der Waals surface area contributed by atoms with Gasteiger partial charge >= 0.3 is 206 Å². The minimum atomic E-state index is -2.21. The first-order valence-electron chi connectivity index (χ1n) is 5.74. The van der Waals surface area contributed by atoms with Crippen LogP contribution in [0.5, 0.6) is 5.75 Å². The second-order valence-electron chi connectivity index (χ2n) is 4.07. The Kier molecular flexibility index (Phi) is 24.3. The van der Waals surface area contributed by atoms with Crippen LogP contribution in [-0.4, -0.2) is 31.5 Å². The van der Waals surface area contributed by atoms with Gasteiger partial charge in [0.05, 0.1) is 18.5 Å². The van der Waals surface area contributed by atoms with Crippen molar-refractivity contribution < 1.29 is 250 Å². The summed E-state index contributed by atoms with van der Waals surface area (Å²) in [7, 11) is 0.934. The number of carbonyl (C=O) groups excluding carboxylic acids is 4. The van der Waals surface area contributed by atoms with Crippen molar-refractivity contribution in [3.05, 3.63) is 17.7 Å². The van der Waals surface area contributed by atoms with Crippen molar-refractivity contribution in [1.29, 1.82) is 0 Å². The van der Waals surface area contributed by atoms with Crippen molar-refractivity contribution >= 4 is 35.7 Å². The van der Waals surface area contributed by atoms with Gasteiger partial charge in [0, 0.05) is 0 Å². The number of nitrogens with zero attached hydrogens (tertiary/aromatic N) is 2. The Morgan fingerprint density at radius 3 is 1.19 bits per heavy atom. The van der Waals surface area contributed by atoms with Crippen molar-refractivity contribution in [2.75, 3.05) is 16.9 Å². The van der Waals surface area contributed by atoms with Crippen molar-refractivity contribution in [3.63, 3.8) is 0 Å². The van der Waals surface area contributed by atoms with Crippen LogP contribution in [0.4, 0.5) is 30.6 Å². The molecular weight excluding hydrogens is 473 g/mol. The fourth-order valence-corrected chi connectivity index (χ4v) is 1.82. The molecule has 0 heterocycles. The summed E-state index contributed by atoms with van der Waals surface area (Å²) in [6, 6.07) is 1.97. The molecule has 0 unspecified atom stereocenters. The van der Waals surface area contributed by atoms with Crippen LogP contribution >= 0.6 is 0 Å². The maximum atomic E-state index is 10.9. The van der Waals surface area contributed by atoms with Crippen molar-refractivity contribution in [2.45, 2.75) is 6.92 Å². The molecule has 1 aromatic carbocycles. The number of benzene rings is 1. The Bertz CT molecular complexity index is 620. The van der Waals surface area contributed by atoms with E-state index in [4.69, 9.17) is 4.74 Å². The zero-order valence-electron chi connectivity index (χ0n) is 15.7.